The number of benzene rings is 3. The number of ether oxygens (including phenoxy) is 3. The van der Waals surface area contributed by atoms with Crippen molar-refractivity contribution in [3.8, 4) is 5.75 Å². The van der Waals surface area contributed by atoms with Crippen LogP contribution in [0.2, 0.25) is 18.6 Å². The summed E-state index contributed by atoms with van der Waals surface area (Å²) in [7, 11) is 0.577. The minimum Gasteiger partial charge on any atom is -0.497 e. The average molecular weight is 811 g/mol. The second-order valence-corrected chi connectivity index (χ2v) is 20.3. The van der Waals surface area contributed by atoms with E-state index in [-0.39, 0.29) is 48.3 Å². The summed E-state index contributed by atoms with van der Waals surface area (Å²) in [6.07, 6.45) is 1.68. The van der Waals surface area contributed by atoms with E-state index in [1.54, 1.807) is 12.0 Å². The first kappa shape index (κ1) is 36.5. The van der Waals surface area contributed by atoms with Gasteiger partial charge in [-0.05, 0) is 88.9 Å². The second kappa shape index (κ2) is 14.8. The quantitative estimate of drug-likeness (QED) is 0.117. The van der Waals surface area contributed by atoms with E-state index < -0.39 is 19.8 Å². The van der Waals surface area contributed by atoms with E-state index in [0.717, 1.165) is 31.7 Å². The third kappa shape index (κ3) is 6.50. The Bertz CT molecular complexity index is 1750. The minimum atomic E-state index is -2.46. The summed E-state index contributed by atoms with van der Waals surface area (Å²) >= 11 is 2.28. The molecule has 1 fully saturated rings. The Morgan fingerprint density at radius 2 is 1.76 bits per heavy atom. The van der Waals surface area contributed by atoms with Crippen molar-refractivity contribution < 1.29 is 33.7 Å². The van der Waals surface area contributed by atoms with E-state index in [1.807, 2.05) is 47.4 Å². The lowest BCUT2D eigenvalue weighted by molar-refractivity contribution is -0.151. The van der Waals surface area contributed by atoms with Crippen molar-refractivity contribution in [2.24, 2.45) is 5.92 Å². The van der Waals surface area contributed by atoms with E-state index >= 15 is 0 Å². The first-order valence-electron chi connectivity index (χ1n) is 17.4. The van der Waals surface area contributed by atoms with Crippen molar-refractivity contribution >= 4 is 59.3 Å². The number of aliphatic hydroxyl groups excluding tert-OH is 1. The molecular weight excluding hydrogens is 763 g/mol. The molecule has 3 aliphatic rings. The predicted octanol–water partition coefficient (Wildman–Crippen LogP) is 5.54. The van der Waals surface area contributed by atoms with Crippen molar-refractivity contribution in [1.82, 2.24) is 4.90 Å². The van der Waals surface area contributed by atoms with Gasteiger partial charge in [0.2, 0.25) is 5.91 Å². The van der Waals surface area contributed by atoms with Gasteiger partial charge < -0.3 is 29.1 Å². The number of anilines is 1. The molecule has 5 atom stereocenters. The number of carbonyl (C=O) groups excluding carboxylic acids is 3. The minimum absolute atomic E-state index is 0.0784. The maximum Gasteiger partial charge on any atom is 0.305 e. The predicted molar refractivity (Wildman–Crippen MR) is 203 cm³/mol. The molecule has 2 amide bonds. The number of unbranched alkanes of at least 4 members (excludes halogenated alkanes) is 1. The molecule has 1 saturated heterocycles. The Labute approximate surface area is 309 Å². The topological polar surface area (TPSA) is 106 Å². The van der Waals surface area contributed by atoms with Crippen molar-refractivity contribution in [3.63, 3.8) is 0 Å². The number of amides is 2. The Kier molecular flexibility index (Phi) is 10.8. The van der Waals surface area contributed by atoms with Gasteiger partial charge in [-0.15, -0.1) is 0 Å². The highest BCUT2D eigenvalue weighted by atomic mass is 127. The number of fused-ring (bicyclic) bond motifs is 3. The summed E-state index contributed by atoms with van der Waals surface area (Å²) in [6, 6.07) is 22.0. The van der Waals surface area contributed by atoms with Crippen LogP contribution in [0.3, 0.4) is 0 Å². The first-order valence-corrected chi connectivity index (χ1v) is 21.6. The number of hydrogen-bond acceptors (Lipinski definition) is 7. The van der Waals surface area contributed by atoms with Crippen LogP contribution >= 0.6 is 22.6 Å². The number of esters is 1. The van der Waals surface area contributed by atoms with Crippen LogP contribution in [0.5, 0.6) is 5.75 Å². The van der Waals surface area contributed by atoms with E-state index in [2.05, 4.69) is 66.9 Å². The lowest BCUT2D eigenvalue weighted by Gasteiger charge is -2.39. The van der Waals surface area contributed by atoms with E-state index in [1.165, 1.54) is 12.3 Å². The van der Waals surface area contributed by atoms with Gasteiger partial charge in [0, 0.05) is 34.6 Å². The van der Waals surface area contributed by atoms with Crippen LogP contribution in [0.1, 0.15) is 49.3 Å². The molecular formula is C39H47IN2O7Si. The Morgan fingerprint density at radius 3 is 2.44 bits per heavy atom. The van der Waals surface area contributed by atoms with Gasteiger partial charge in [-0.3, -0.25) is 14.4 Å². The van der Waals surface area contributed by atoms with Crippen LogP contribution in [-0.2, 0) is 42.4 Å². The zero-order valence-electron chi connectivity index (χ0n) is 29.5. The molecule has 3 aromatic carbocycles. The molecule has 3 aromatic rings. The van der Waals surface area contributed by atoms with Gasteiger partial charge in [0.25, 0.3) is 5.91 Å². The molecule has 6 rings (SSSR count). The van der Waals surface area contributed by atoms with Gasteiger partial charge in [-0.25, -0.2) is 0 Å². The normalized spacial score (nSPS) is 24.3. The summed E-state index contributed by atoms with van der Waals surface area (Å²) in [5.74, 6) is 0.0723. The van der Waals surface area contributed by atoms with Crippen LogP contribution in [0.4, 0.5) is 5.69 Å². The van der Waals surface area contributed by atoms with E-state index in [0.29, 0.717) is 38.8 Å². The highest BCUT2D eigenvalue weighted by Gasteiger charge is 2.66. The maximum atomic E-state index is 14.9. The third-order valence-corrected chi connectivity index (χ3v) is 16.3. The Balaban J connectivity index is 1.38. The fourth-order valence-electron chi connectivity index (χ4n) is 8.68. The molecule has 1 spiro atoms. The van der Waals surface area contributed by atoms with Crippen molar-refractivity contribution in [2.45, 2.75) is 82.0 Å². The van der Waals surface area contributed by atoms with E-state index in [4.69, 9.17) is 14.2 Å². The van der Waals surface area contributed by atoms with Crippen molar-refractivity contribution in [1.29, 1.82) is 0 Å². The zero-order chi connectivity index (χ0) is 35.8. The van der Waals surface area contributed by atoms with Crippen LogP contribution in [0, 0.1) is 9.49 Å². The number of aliphatic hydroxyl groups is 1. The van der Waals surface area contributed by atoms with Crippen LogP contribution in [0.15, 0.2) is 66.7 Å². The second-order valence-electron chi connectivity index (χ2n) is 14.3. The molecule has 0 aromatic heterocycles. The molecule has 3 aliphatic heterocycles. The molecule has 50 heavy (non-hydrogen) atoms. The lowest BCUT2D eigenvalue weighted by atomic mass is 9.82. The summed E-state index contributed by atoms with van der Waals surface area (Å²) in [5.41, 5.74) is 2.54. The molecule has 1 N–H and O–H groups in total. The number of methoxy groups -OCH3 is 2. The summed E-state index contributed by atoms with van der Waals surface area (Å²) in [6.45, 7) is 7.49. The highest BCUT2D eigenvalue weighted by molar-refractivity contribution is 14.1. The van der Waals surface area contributed by atoms with Crippen LogP contribution in [0.25, 0.3) is 0 Å². The van der Waals surface area contributed by atoms with Crippen molar-refractivity contribution in [2.75, 3.05) is 32.3 Å². The third-order valence-electron chi connectivity index (χ3n) is 11.3. The number of carbonyl (C=O) groups is 3. The van der Waals surface area contributed by atoms with Crippen LogP contribution in [-0.4, -0.2) is 75.4 Å². The fraction of sp³-hybridized carbons (Fsp3) is 0.462. The molecule has 0 bridgehead atoms. The number of rotatable bonds is 11. The maximum absolute atomic E-state index is 14.9. The molecule has 0 radical (unpaired) electrons. The number of nitrogens with zero attached hydrogens (tertiary/aromatic N) is 2. The monoisotopic (exact) mass is 810 g/mol. The first-order chi connectivity index (χ1) is 24.0. The summed E-state index contributed by atoms with van der Waals surface area (Å²) in [4.78, 5) is 44.8. The summed E-state index contributed by atoms with van der Waals surface area (Å²) in [5, 5.41) is 11.6. The van der Waals surface area contributed by atoms with Crippen LogP contribution < -0.4 is 14.8 Å². The number of halogens is 1. The van der Waals surface area contributed by atoms with Gasteiger partial charge in [-0.2, -0.15) is 0 Å². The molecule has 0 unspecified atom stereocenters. The summed E-state index contributed by atoms with van der Waals surface area (Å²) < 4.78 is 18.5. The smallest absolute Gasteiger partial charge is 0.305 e. The Morgan fingerprint density at radius 1 is 1.04 bits per heavy atom. The van der Waals surface area contributed by atoms with Crippen molar-refractivity contribution in [3.05, 3.63) is 87.0 Å². The average Bonchev–Trinajstić information content (AvgIpc) is 3.54. The molecule has 0 saturated carbocycles. The van der Waals surface area contributed by atoms with Gasteiger partial charge >= 0.3 is 5.97 Å². The Hall–Kier alpha value is -3.26. The SMILES string of the molecule is COC(=O)CCCCN1C(=O)[C@@]2(O[C@@H](CC(=O)N3Cc4ccccc4C[C@H]3CO)[C@H]([Si](C)(C)c3ccc(OC)cc3)[C@H]2C)c2cc(I)ccc21. The molecule has 3 heterocycles. The molecule has 11 heteroatoms. The highest BCUT2D eigenvalue weighted by Crippen LogP contribution is 2.60. The molecule has 9 nitrogen and oxygen atoms in total. The van der Waals surface area contributed by atoms with Gasteiger partial charge in [0.05, 0.1) is 53.2 Å². The van der Waals surface area contributed by atoms with Gasteiger partial charge in [0.1, 0.15) is 5.75 Å². The standard InChI is InChI=1S/C39H47IN2O7Si/c1-25-37(50(4,5)31-16-14-30(47-2)15-17-31)34(22-35(44)42-23-27-11-7-6-10-26(27)20-29(42)24-43)49-39(25)32-21-28(40)13-18-33(32)41(38(39)46)19-9-8-12-36(45)48-3/h6-7,10-11,13-18,21,25,29,34,37,43H,8-9,12,19-20,22-24H2,1-5H3/t25-,29+,34+,37-,39+/m1/s1. The zero-order valence-corrected chi connectivity index (χ0v) is 32.6. The van der Waals surface area contributed by atoms with E-state index in [9.17, 15) is 19.5 Å². The lowest BCUT2D eigenvalue weighted by Crippen LogP contribution is -2.52. The van der Waals surface area contributed by atoms with Gasteiger partial charge in [0.15, 0.2) is 5.60 Å². The molecule has 266 valence electrons. The van der Waals surface area contributed by atoms with Gasteiger partial charge in [-0.1, -0.05) is 61.6 Å². The molecule has 0 aliphatic carbocycles. The largest absolute Gasteiger partial charge is 0.497 e. The fourth-order valence-corrected chi connectivity index (χ4v) is 13.2. The number of hydrogen-bond donors (Lipinski definition) is 1.